The van der Waals surface area contributed by atoms with Gasteiger partial charge in [-0.25, -0.2) is 23.6 Å². The second-order valence-electron chi connectivity index (χ2n) is 9.89. The number of Topliss-reactive ketones (excluding diaryl/α,β-unsaturated/α-hetero) is 1. The summed E-state index contributed by atoms with van der Waals surface area (Å²) in [5, 5.41) is 9.99. The number of carbonyl (C=O) groups excluding carboxylic acids is 3. The zero-order valence-electron chi connectivity index (χ0n) is 24.5. The third-order valence-corrected chi connectivity index (χ3v) is 6.78. The Morgan fingerprint density at radius 1 is 1.13 bits per heavy atom. The molecule has 0 radical (unpaired) electrons. The number of quaternary nitrogens is 1. The molecule has 0 fully saturated rings. The molecule has 4 heterocycles. The Labute approximate surface area is 254 Å². The fraction of sp³-hybridized carbons (Fsp3) is 0.207. The number of benzene rings is 1. The number of nitrogens with zero attached hydrogens (tertiary/aromatic N) is 6. The van der Waals surface area contributed by atoms with Gasteiger partial charge in [0.2, 0.25) is 0 Å². The van der Waals surface area contributed by atoms with Crippen molar-refractivity contribution in [2.45, 2.75) is 20.3 Å². The maximum atomic E-state index is 15.0. The van der Waals surface area contributed by atoms with Crippen molar-refractivity contribution in [2.24, 2.45) is 0 Å². The Kier molecular flexibility index (Phi) is 8.67. The first-order valence-electron chi connectivity index (χ1n) is 13.5. The number of fused-ring (bicyclic) bond motifs is 1. The molecule has 16 heteroatoms. The van der Waals surface area contributed by atoms with Crippen LogP contribution < -0.4 is 21.7 Å². The molecule has 0 spiro atoms. The molecular formula is C29H29FN9O6+. The van der Waals surface area contributed by atoms with E-state index in [-0.39, 0.29) is 70.8 Å². The van der Waals surface area contributed by atoms with Gasteiger partial charge in [0.1, 0.15) is 18.2 Å². The van der Waals surface area contributed by atoms with Crippen molar-refractivity contribution in [1.29, 1.82) is 0 Å². The topological polar surface area (TPSA) is 211 Å². The second kappa shape index (κ2) is 12.8. The first-order chi connectivity index (χ1) is 21.6. The molecule has 5 rings (SSSR count). The summed E-state index contributed by atoms with van der Waals surface area (Å²) in [6, 6.07) is 5.72. The zero-order chi connectivity index (χ0) is 32.2. The van der Waals surface area contributed by atoms with Crippen LogP contribution in [0, 0.1) is 5.82 Å². The monoisotopic (exact) mass is 618 g/mol. The first-order valence-corrected chi connectivity index (χ1v) is 13.5. The number of aromatic nitrogens is 5. The molecule has 0 atom stereocenters. The number of amides is 1. The molecule has 1 amide bonds. The number of hydrogen-bond donors (Lipinski definition) is 3. The number of ketones is 1. The predicted octanol–water partition coefficient (Wildman–Crippen LogP) is 2.12. The fourth-order valence-corrected chi connectivity index (χ4v) is 4.56. The summed E-state index contributed by atoms with van der Waals surface area (Å²) in [7, 11) is 3.23. The summed E-state index contributed by atoms with van der Waals surface area (Å²) in [5.41, 5.74) is 13.8. The molecule has 0 aliphatic heterocycles. The first kappa shape index (κ1) is 30.6. The molecular weight excluding hydrogens is 589 g/mol. The van der Waals surface area contributed by atoms with Crippen LogP contribution in [0.3, 0.4) is 0 Å². The minimum atomic E-state index is -0.730. The number of rotatable bonds is 10. The molecule has 0 unspecified atom stereocenters. The van der Waals surface area contributed by atoms with E-state index >= 15 is 4.39 Å². The van der Waals surface area contributed by atoms with Crippen LogP contribution in [0.1, 0.15) is 22.8 Å². The van der Waals surface area contributed by atoms with E-state index in [4.69, 9.17) is 25.5 Å². The van der Waals surface area contributed by atoms with E-state index in [9.17, 15) is 14.4 Å². The van der Waals surface area contributed by atoms with Gasteiger partial charge in [-0.3, -0.25) is 14.7 Å². The van der Waals surface area contributed by atoms with Crippen molar-refractivity contribution in [3.05, 3.63) is 66.0 Å². The van der Waals surface area contributed by atoms with E-state index in [2.05, 4.69) is 20.2 Å². The van der Waals surface area contributed by atoms with Gasteiger partial charge in [-0.1, -0.05) is 11.2 Å². The van der Waals surface area contributed by atoms with Crippen LogP contribution in [-0.2, 0) is 27.6 Å². The minimum absolute atomic E-state index is 0.00117. The largest absolute Gasteiger partial charge is 0.457 e. The number of hydrogen-bond acceptors (Lipinski definition) is 12. The molecule has 0 bridgehead atoms. The van der Waals surface area contributed by atoms with Crippen LogP contribution >= 0.6 is 0 Å². The minimum Gasteiger partial charge on any atom is -0.457 e. The third kappa shape index (κ3) is 6.25. The van der Waals surface area contributed by atoms with Gasteiger partial charge in [0.05, 0.1) is 24.3 Å². The van der Waals surface area contributed by atoms with Gasteiger partial charge >= 0.3 is 12.1 Å². The summed E-state index contributed by atoms with van der Waals surface area (Å²) in [6.07, 6.45) is 5.27. The molecule has 15 nitrogen and oxygen atoms in total. The lowest BCUT2D eigenvalue weighted by atomic mass is 9.99. The van der Waals surface area contributed by atoms with Crippen molar-refractivity contribution in [3.63, 3.8) is 0 Å². The maximum Gasteiger partial charge on any atom is 0.417 e. The van der Waals surface area contributed by atoms with Gasteiger partial charge in [0, 0.05) is 59.1 Å². The van der Waals surface area contributed by atoms with Crippen molar-refractivity contribution in [2.75, 3.05) is 37.0 Å². The average molecular weight is 619 g/mol. The maximum absolute atomic E-state index is 15.0. The number of anilines is 3. The number of ether oxygens (including phenoxy) is 2. The number of carbonyl (C=O) groups is 3. The van der Waals surface area contributed by atoms with Crippen LogP contribution in [0.15, 0.2) is 53.6 Å². The van der Waals surface area contributed by atoms with Gasteiger partial charge in [-0.05, 0) is 25.1 Å². The second-order valence-corrected chi connectivity index (χ2v) is 9.89. The molecule has 0 saturated carbocycles. The number of nitrogen functional groups attached to an aromatic ring is 2. The van der Waals surface area contributed by atoms with E-state index < -0.39 is 17.9 Å². The van der Waals surface area contributed by atoms with E-state index in [1.54, 1.807) is 30.7 Å². The van der Waals surface area contributed by atoms with Crippen LogP contribution in [0.25, 0.3) is 33.4 Å². The summed E-state index contributed by atoms with van der Waals surface area (Å²) in [4.78, 5) is 46.5. The highest BCUT2D eigenvalue weighted by molar-refractivity contribution is 6.06. The number of likely N-dealkylation sites (N-methyl/N-ethyl adjacent to an activating group) is 1. The van der Waals surface area contributed by atoms with Crippen LogP contribution in [0.4, 0.5) is 26.5 Å². The molecule has 232 valence electrons. The smallest absolute Gasteiger partial charge is 0.417 e. The van der Waals surface area contributed by atoms with Crippen LogP contribution in [-0.4, -0.2) is 63.4 Å². The third-order valence-electron chi connectivity index (χ3n) is 6.78. The van der Waals surface area contributed by atoms with Crippen LogP contribution in [0.2, 0.25) is 0 Å². The molecule has 5 aromatic rings. The van der Waals surface area contributed by atoms with E-state index in [1.807, 2.05) is 0 Å². The fourth-order valence-electron chi connectivity index (χ4n) is 4.56. The van der Waals surface area contributed by atoms with E-state index in [0.717, 1.165) is 6.07 Å². The standard InChI is InChI=1S/C29H28FN9O6/c1-15(40)18-7-19(21(30)8-22(18)31)25-24-26(45-37-27(24)32)20(10-35-25)17-9-36-39(12-17)14-44-29(42)38(3)28-16(5-4-6-34-28)13-43-23(41)11-33-2/h4-10,12,33H,11,13-14,31H2,1-3H3,(H2,32,37)/p+1. The lowest BCUT2D eigenvalue weighted by molar-refractivity contribution is -0.617. The van der Waals surface area contributed by atoms with E-state index in [0.29, 0.717) is 16.7 Å². The molecule has 6 N–H and O–H groups in total. The summed E-state index contributed by atoms with van der Waals surface area (Å²) in [5.74, 6) is -1.21. The Hall–Kier alpha value is -5.90. The van der Waals surface area contributed by atoms with Gasteiger partial charge in [-0.15, -0.1) is 0 Å². The van der Waals surface area contributed by atoms with Gasteiger partial charge in [0.25, 0.3) is 0 Å². The van der Waals surface area contributed by atoms with Crippen molar-refractivity contribution in [3.8, 4) is 22.4 Å². The zero-order valence-corrected chi connectivity index (χ0v) is 24.5. The lowest BCUT2D eigenvalue weighted by Crippen LogP contribution is -2.81. The molecule has 45 heavy (non-hydrogen) atoms. The van der Waals surface area contributed by atoms with Gasteiger partial charge < -0.3 is 30.8 Å². The van der Waals surface area contributed by atoms with Crippen molar-refractivity contribution < 1.29 is 38.1 Å². The molecule has 0 aliphatic rings. The number of nitrogens with two attached hydrogens (primary N) is 3. The highest BCUT2D eigenvalue weighted by Gasteiger charge is 2.23. The van der Waals surface area contributed by atoms with E-state index in [1.165, 1.54) is 48.2 Å². The Bertz CT molecular complexity index is 1920. The Morgan fingerprint density at radius 3 is 2.69 bits per heavy atom. The highest BCUT2D eigenvalue weighted by atomic mass is 19.1. The SMILES string of the molecule is C[NH2+]CC(=O)OCc1cccnc1N(C)C(=O)OCn1cc(-c2cnc(-c3cc(C(C)=O)c(N)cc3F)c3c(N)noc23)cn1. The molecule has 0 aliphatic carbocycles. The average Bonchev–Trinajstić information content (AvgIpc) is 3.65. The number of esters is 1. The van der Waals surface area contributed by atoms with Gasteiger partial charge in [-0.2, -0.15) is 5.10 Å². The number of halogens is 1. The molecule has 1 aromatic carbocycles. The Balaban J connectivity index is 1.34. The Morgan fingerprint density at radius 2 is 1.93 bits per heavy atom. The normalized spacial score (nSPS) is 11.0. The number of pyridine rings is 2. The lowest BCUT2D eigenvalue weighted by Gasteiger charge is -2.19. The van der Waals surface area contributed by atoms with Crippen molar-refractivity contribution in [1.82, 2.24) is 24.9 Å². The molecule has 4 aromatic heterocycles. The van der Waals surface area contributed by atoms with Crippen LogP contribution in [0.5, 0.6) is 0 Å². The predicted molar refractivity (Wildman–Crippen MR) is 159 cm³/mol. The quantitative estimate of drug-likeness (QED) is 0.117. The summed E-state index contributed by atoms with van der Waals surface area (Å²) < 4.78 is 32.5. The molecule has 0 saturated heterocycles. The van der Waals surface area contributed by atoms with Gasteiger partial charge in [0.15, 0.2) is 30.5 Å². The summed E-state index contributed by atoms with van der Waals surface area (Å²) in [6.45, 7) is 1.16. The highest BCUT2D eigenvalue weighted by Crippen LogP contribution is 2.38. The summed E-state index contributed by atoms with van der Waals surface area (Å²) >= 11 is 0. The van der Waals surface area contributed by atoms with Crippen molar-refractivity contribution >= 4 is 46.1 Å².